The van der Waals surface area contributed by atoms with Gasteiger partial charge in [-0.3, -0.25) is 4.79 Å². The first-order valence-electron chi connectivity index (χ1n) is 7.42. The summed E-state index contributed by atoms with van der Waals surface area (Å²) >= 11 is 1.37. The largest absolute Gasteiger partial charge is 0.494 e. The normalized spacial score (nSPS) is 10.2. The zero-order chi connectivity index (χ0) is 18.2. The van der Waals surface area contributed by atoms with E-state index < -0.39 is 11.8 Å². The molecule has 5 nitrogen and oxygen atoms in total. The van der Waals surface area contributed by atoms with E-state index in [1.807, 2.05) is 0 Å². The molecule has 0 radical (unpaired) electrons. The monoisotopic (exact) mass is 363 g/mol. The van der Waals surface area contributed by atoms with E-state index >= 15 is 0 Å². The highest BCUT2D eigenvalue weighted by Gasteiger charge is 2.08. The van der Waals surface area contributed by atoms with Crippen LogP contribution in [-0.4, -0.2) is 31.8 Å². The quantitative estimate of drug-likeness (QED) is 0.763. The molecular formula is C18H18FNO4S. The molecule has 0 aliphatic rings. The molecule has 2 aromatic rings. The fourth-order valence-corrected chi connectivity index (χ4v) is 2.84. The van der Waals surface area contributed by atoms with E-state index in [0.29, 0.717) is 17.0 Å². The van der Waals surface area contributed by atoms with Gasteiger partial charge >= 0.3 is 5.97 Å². The second kappa shape index (κ2) is 9.08. The molecule has 25 heavy (non-hydrogen) atoms. The zero-order valence-corrected chi connectivity index (χ0v) is 14.7. The smallest absolute Gasteiger partial charge is 0.337 e. The highest BCUT2D eigenvalue weighted by atomic mass is 32.2. The maximum absolute atomic E-state index is 13.6. The van der Waals surface area contributed by atoms with E-state index in [9.17, 15) is 14.0 Å². The van der Waals surface area contributed by atoms with Crippen molar-refractivity contribution in [3.63, 3.8) is 0 Å². The lowest BCUT2D eigenvalue weighted by atomic mass is 10.2. The summed E-state index contributed by atoms with van der Waals surface area (Å²) in [4.78, 5) is 23.3. The van der Waals surface area contributed by atoms with Crippen LogP contribution in [0.25, 0.3) is 0 Å². The molecule has 0 fully saturated rings. The van der Waals surface area contributed by atoms with E-state index in [0.717, 1.165) is 5.56 Å². The van der Waals surface area contributed by atoms with Crippen LogP contribution < -0.4 is 10.1 Å². The lowest BCUT2D eigenvalue weighted by molar-refractivity contribution is -0.113. The third kappa shape index (κ3) is 5.49. The molecule has 1 N–H and O–H groups in total. The number of amides is 1. The van der Waals surface area contributed by atoms with Gasteiger partial charge in [0.15, 0.2) is 11.6 Å². The number of carbonyl (C=O) groups is 2. The van der Waals surface area contributed by atoms with Gasteiger partial charge in [-0.2, -0.15) is 0 Å². The van der Waals surface area contributed by atoms with E-state index in [1.165, 1.54) is 32.0 Å². The maximum atomic E-state index is 13.6. The fraction of sp³-hybridized carbons (Fsp3) is 0.222. The highest BCUT2D eigenvalue weighted by Crippen LogP contribution is 2.21. The number of anilines is 1. The molecule has 0 unspecified atom stereocenters. The molecule has 0 saturated carbocycles. The van der Waals surface area contributed by atoms with Crippen molar-refractivity contribution in [1.29, 1.82) is 0 Å². The number of methoxy groups -OCH3 is 2. The van der Waals surface area contributed by atoms with E-state index in [2.05, 4.69) is 10.1 Å². The van der Waals surface area contributed by atoms with Gasteiger partial charge < -0.3 is 14.8 Å². The molecule has 0 saturated heterocycles. The maximum Gasteiger partial charge on any atom is 0.337 e. The number of halogens is 1. The van der Waals surface area contributed by atoms with Crippen molar-refractivity contribution in [2.75, 3.05) is 25.3 Å². The summed E-state index contributed by atoms with van der Waals surface area (Å²) in [6.45, 7) is 0. The topological polar surface area (TPSA) is 64.6 Å². The highest BCUT2D eigenvalue weighted by molar-refractivity contribution is 7.99. The first-order valence-corrected chi connectivity index (χ1v) is 8.57. The Morgan fingerprint density at radius 3 is 2.44 bits per heavy atom. The predicted octanol–water partition coefficient (Wildman–Crippen LogP) is 3.49. The van der Waals surface area contributed by atoms with Crippen LogP contribution >= 0.6 is 11.8 Å². The van der Waals surface area contributed by atoms with Crippen molar-refractivity contribution in [2.45, 2.75) is 5.75 Å². The number of hydrogen-bond acceptors (Lipinski definition) is 5. The number of ether oxygens (including phenoxy) is 2. The molecule has 0 aliphatic carbocycles. The van der Waals surface area contributed by atoms with E-state index in [-0.39, 0.29) is 17.4 Å². The van der Waals surface area contributed by atoms with Crippen LogP contribution in [0, 0.1) is 5.82 Å². The van der Waals surface area contributed by atoms with Crippen LogP contribution in [0.3, 0.4) is 0 Å². The minimum Gasteiger partial charge on any atom is -0.494 e. The summed E-state index contributed by atoms with van der Waals surface area (Å²) in [7, 11) is 2.72. The van der Waals surface area contributed by atoms with Crippen LogP contribution in [0.1, 0.15) is 15.9 Å². The summed E-state index contributed by atoms with van der Waals surface area (Å²) in [5, 5.41) is 2.74. The summed E-state index contributed by atoms with van der Waals surface area (Å²) in [6, 6.07) is 11.1. The Morgan fingerprint density at radius 2 is 1.84 bits per heavy atom. The Hall–Kier alpha value is -2.54. The van der Waals surface area contributed by atoms with Crippen LogP contribution in [0.2, 0.25) is 0 Å². The van der Waals surface area contributed by atoms with Gasteiger partial charge in [0.1, 0.15) is 0 Å². The number of benzene rings is 2. The molecule has 0 aliphatic heterocycles. The fourth-order valence-electron chi connectivity index (χ4n) is 2.07. The van der Waals surface area contributed by atoms with Gasteiger partial charge in [0, 0.05) is 11.4 Å². The summed E-state index contributed by atoms with van der Waals surface area (Å²) in [6.07, 6.45) is 0. The number of thioether (sulfide) groups is 1. The number of esters is 1. The summed E-state index contributed by atoms with van der Waals surface area (Å²) in [5.74, 6) is -0.0928. The van der Waals surface area contributed by atoms with Gasteiger partial charge in [0.2, 0.25) is 5.91 Å². The van der Waals surface area contributed by atoms with Crippen molar-refractivity contribution in [2.24, 2.45) is 0 Å². The lowest BCUT2D eigenvalue weighted by Gasteiger charge is -2.07. The second-order valence-corrected chi connectivity index (χ2v) is 6.06. The Balaban J connectivity index is 1.80. The van der Waals surface area contributed by atoms with Crippen LogP contribution in [0.4, 0.5) is 10.1 Å². The van der Waals surface area contributed by atoms with Crippen molar-refractivity contribution < 1.29 is 23.5 Å². The Kier molecular flexibility index (Phi) is 6.82. The molecular weight excluding hydrogens is 345 g/mol. The third-order valence-corrected chi connectivity index (χ3v) is 4.31. The van der Waals surface area contributed by atoms with Crippen molar-refractivity contribution in [1.82, 2.24) is 0 Å². The van der Waals surface area contributed by atoms with Gasteiger partial charge in [-0.05, 0) is 42.0 Å². The van der Waals surface area contributed by atoms with Crippen LogP contribution in [-0.2, 0) is 15.3 Å². The number of carbonyl (C=O) groups excluding carboxylic acids is 2. The molecule has 0 spiro atoms. The van der Waals surface area contributed by atoms with Crippen LogP contribution in [0.5, 0.6) is 5.75 Å². The molecule has 2 aromatic carbocycles. The number of nitrogens with one attached hydrogen (secondary N) is 1. The molecule has 0 heterocycles. The van der Waals surface area contributed by atoms with Crippen molar-refractivity contribution in [3.05, 3.63) is 59.4 Å². The number of hydrogen-bond donors (Lipinski definition) is 1. The van der Waals surface area contributed by atoms with Crippen molar-refractivity contribution >= 4 is 29.3 Å². The summed E-state index contributed by atoms with van der Waals surface area (Å²) in [5.41, 5.74) is 1.78. The molecule has 132 valence electrons. The minimum atomic E-state index is -0.430. The molecule has 0 bridgehead atoms. The van der Waals surface area contributed by atoms with Crippen LogP contribution in [0.15, 0.2) is 42.5 Å². The standard InChI is InChI=1S/C18H18FNO4S/c1-23-16-8-3-12(9-15(16)19)10-25-11-17(21)20-14-6-4-13(5-7-14)18(22)24-2/h3-9H,10-11H2,1-2H3,(H,20,21). The summed E-state index contributed by atoms with van der Waals surface area (Å²) < 4.78 is 23.1. The average Bonchev–Trinajstić information content (AvgIpc) is 2.62. The van der Waals surface area contributed by atoms with Gasteiger partial charge in [-0.15, -0.1) is 11.8 Å². The Labute approximate surface area is 149 Å². The molecule has 2 rings (SSSR count). The van der Waals surface area contributed by atoms with Gasteiger partial charge in [0.25, 0.3) is 0 Å². The van der Waals surface area contributed by atoms with Gasteiger partial charge in [-0.25, -0.2) is 9.18 Å². The third-order valence-electron chi connectivity index (χ3n) is 3.31. The zero-order valence-electron chi connectivity index (χ0n) is 13.9. The van der Waals surface area contributed by atoms with E-state index in [1.54, 1.807) is 36.4 Å². The first kappa shape index (κ1) is 18.8. The minimum absolute atomic E-state index is 0.176. The lowest BCUT2D eigenvalue weighted by Crippen LogP contribution is -2.14. The Bertz CT molecular complexity index is 749. The molecule has 0 aromatic heterocycles. The van der Waals surface area contributed by atoms with Crippen molar-refractivity contribution in [3.8, 4) is 5.75 Å². The average molecular weight is 363 g/mol. The SMILES string of the molecule is COC(=O)c1ccc(NC(=O)CSCc2ccc(OC)c(F)c2)cc1. The first-order chi connectivity index (χ1) is 12.0. The number of rotatable bonds is 7. The molecule has 0 atom stereocenters. The van der Waals surface area contributed by atoms with Gasteiger partial charge in [0.05, 0.1) is 25.5 Å². The predicted molar refractivity (Wildman–Crippen MR) is 95.5 cm³/mol. The molecule has 7 heteroatoms. The molecule has 1 amide bonds. The second-order valence-electron chi connectivity index (χ2n) is 5.08. The Morgan fingerprint density at radius 1 is 1.12 bits per heavy atom. The van der Waals surface area contributed by atoms with E-state index in [4.69, 9.17) is 4.74 Å². The van der Waals surface area contributed by atoms with Gasteiger partial charge in [-0.1, -0.05) is 6.07 Å².